The molecule has 11 nitrogen and oxygen atoms in total. The summed E-state index contributed by atoms with van der Waals surface area (Å²) in [7, 11) is 0.978. The molecule has 0 aliphatic heterocycles. The molecule has 5 rings (SSSR count). The van der Waals surface area contributed by atoms with Crippen LogP contribution in [0.15, 0.2) is 21.9 Å². The number of aliphatic hydroxyl groups excluding tert-OH is 1. The number of hydrogen-bond donors (Lipinski definition) is 1. The van der Waals surface area contributed by atoms with Crippen LogP contribution >= 0.6 is 0 Å². The standard InChI is InChI=1S/C40H59N3O8Si/c1-12-16-18-48-28-22-25(23-44)32(43(14-3)15-4)26-20-24-21-27-33(42(8)9)35-31(38(41-50-35)49-19-17-13-2)37(47)40(27,51-52(10,11)39(5,6)7)36(46)29(24)34(45)30(26)28/h22-24,27,33,46H,12-21H2,1-11H3/t24-,27-,33-,40-/m0/s1. The molecule has 1 aromatic carbocycles. The molecular weight excluding hydrogens is 679 g/mol. The lowest BCUT2D eigenvalue weighted by Crippen LogP contribution is -2.65. The number of carbonyl (C=O) groups excluding carboxylic acids is 3. The van der Waals surface area contributed by atoms with Crippen LogP contribution in [-0.2, 0) is 10.8 Å². The van der Waals surface area contributed by atoms with Crippen LogP contribution in [0.1, 0.15) is 129 Å². The van der Waals surface area contributed by atoms with Crippen LogP contribution < -0.4 is 14.4 Å². The van der Waals surface area contributed by atoms with Crippen molar-refractivity contribution in [3.8, 4) is 11.6 Å². The van der Waals surface area contributed by atoms with Crippen molar-refractivity contribution in [2.75, 3.05) is 45.3 Å². The predicted octanol–water partition coefficient (Wildman–Crippen LogP) is 8.14. The smallest absolute Gasteiger partial charge is 0.265 e. The van der Waals surface area contributed by atoms with Gasteiger partial charge in [-0.05, 0) is 94.5 Å². The third-order valence-electron chi connectivity index (χ3n) is 11.8. The minimum absolute atomic E-state index is 0.0778. The molecule has 0 bridgehead atoms. The van der Waals surface area contributed by atoms with Gasteiger partial charge in [-0.25, -0.2) is 0 Å². The van der Waals surface area contributed by atoms with E-state index in [4.69, 9.17) is 18.4 Å². The summed E-state index contributed by atoms with van der Waals surface area (Å²) in [5.41, 5.74) is 0.684. The molecule has 0 fully saturated rings. The Kier molecular flexibility index (Phi) is 11.5. The summed E-state index contributed by atoms with van der Waals surface area (Å²) in [4.78, 5) is 47.3. The molecule has 1 aromatic heterocycles. The van der Waals surface area contributed by atoms with E-state index in [9.17, 15) is 9.90 Å². The summed E-state index contributed by atoms with van der Waals surface area (Å²) in [5, 5.41) is 16.8. The van der Waals surface area contributed by atoms with E-state index in [0.717, 1.165) is 43.2 Å². The molecule has 0 spiro atoms. The van der Waals surface area contributed by atoms with Crippen LogP contribution in [0.5, 0.6) is 11.6 Å². The average Bonchev–Trinajstić information content (AvgIpc) is 3.49. The quantitative estimate of drug-likeness (QED) is 0.108. The van der Waals surface area contributed by atoms with Gasteiger partial charge in [0.2, 0.25) is 5.78 Å². The normalized spacial score (nSPS) is 22.9. The van der Waals surface area contributed by atoms with Crippen LogP contribution in [0, 0.1) is 11.8 Å². The third kappa shape index (κ3) is 6.42. The number of aromatic nitrogens is 1. The zero-order valence-corrected chi connectivity index (χ0v) is 34.1. The highest BCUT2D eigenvalue weighted by atomic mass is 28.4. The molecule has 3 aliphatic rings. The van der Waals surface area contributed by atoms with Crippen molar-refractivity contribution in [2.45, 2.75) is 117 Å². The zero-order valence-electron chi connectivity index (χ0n) is 33.1. The van der Waals surface area contributed by atoms with Crippen molar-refractivity contribution in [1.82, 2.24) is 10.1 Å². The fourth-order valence-corrected chi connectivity index (χ4v) is 9.51. The summed E-state index contributed by atoms with van der Waals surface area (Å²) in [6.07, 6.45) is 4.85. The van der Waals surface area contributed by atoms with Crippen LogP contribution in [0.4, 0.5) is 5.69 Å². The lowest BCUT2D eigenvalue weighted by Gasteiger charge is -2.55. The molecule has 0 amide bonds. The van der Waals surface area contributed by atoms with E-state index < -0.39 is 43.4 Å². The second-order valence-corrected chi connectivity index (χ2v) is 21.0. The molecule has 3 aliphatic carbocycles. The molecule has 2 aromatic rings. The Balaban J connectivity index is 1.83. The maximum absolute atomic E-state index is 15.4. The first-order chi connectivity index (χ1) is 24.6. The highest BCUT2D eigenvalue weighted by Gasteiger charge is 2.67. The number of nitrogens with zero attached hydrogens (tertiary/aromatic N) is 3. The second-order valence-electron chi connectivity index (χ2n) is 16.3. The predicted molar refractivity (Wildman–Crippen MR) is 204 cm³/mol. The molecule has 1 N–H and O–H groups in total. The molecule has 1 heterocycles. The number of benzene rings is 1. The van der Waals surface area contributed by atoms with Gasteiger partial charge in [-0.3, -0.25) is 19.3 Å². The Hall–Kier alpha value is -3.48. The summed E-state index contributed by atoms with van der Waals surface area (Å²) in [6, 6.07) is 1.13. The van der Waals surface area contributed by atoms with E-state index in [1.165, 1.54) is 0 Å². The van der Waals surface area contributed by atoms with E-state index in [1.807, 2.05) is 32.8 Å². The molecule has 0 radical (unpaired) electrons. The van der Waals surface area contributed by atoms with E-state index >= 15 is 9.59 Å². The number of Topliss-reactive ketones (excluding diaryl/α,β-unsaturated/α-hetero) is 2. The van der Waals surface area contributed by atoms with Crippen molar-refractivity contribution in [2.24, 2.45) is 11.8 Å². The number of aliphatic hydroxyl groups is 1. The van der Waals surface area contributed by atoms with E-state index in [2.05, 4.69) is 57.8 Å². The molecule has 4 atom stereocenters. The van der Waals surface area contributed by atoms with E-state index in [1.54, 1.807) is 6.07 Å². The third-order valence-corrected chi connectivity index (χ3v) is 16.2. The van der Waals surface area contributed by atoms with Crippen molar-refractivity contribution in [1.29, 1.82) is 0 Å². The van der Waals surface area contributed by atoms with Crippen molar-refractivity contribution >= 4 is 31.9 Å². The van der Waals surface area contributed by atoms with Gasteiger partial charge in [0.1, 0.15) is 17.1 Å². The molecule has 0 saturated heterocycles. The molecular formula is C40H59N3O8Si. The van der Waals surface area contributed by atoms with Crippen LogP contribution in [-0.4, -0.2) is 87.3 Å². The highest BCUT2D eigenvalue weighted by molar-refractivity contribution is 6.74. The van der Waals surface area contributed by atoms with Gasteiger partial charge >= 0.3 is 0 Å². The second kappa shape index (κ2) is 15.1. The first-order valence-electron chi connectivity index (χ1n) is 19.1. The Morgan fingerprint density at radius 1 is 1.04 bits per heavy atom. The first kappa shape index (κ1) is 39.7. The largest absolute Gasteiger partial charge is 0.508 e. The number of carbonyl (C=O) groups is 3. The van der Waals surface area contributed by atoms with Gasteiger partial charge in [0.25, 0.3) is 5.88 Å². The number of ketones is 2. The molecule has 0 unspecified atom stereocenters. The molecule has 52 heavy (non-hydrogen) atoms. The molecule has 12 heteroatoms. The summed E-state index contributed by atoms with van der Waals surface area (Å²) >= 11 is 0. The van der Waals surface area contributed by atoms with Crippen molar-refractivity contribution in [3.63, 3.8) is 0 Å². The fourth-order valence-electron chi connectivity index (χ4n) is 8.06. The fraction of sp³-hybridized carbons (Fsp3) is 0.650. The van der Waals surface area contributed by atoms with Crippen LogP contribution in [0.25, 0.3) is 0 Å². The van der Waals surface area contributed by atoms with Gasteiger partial charge in [-0.2, -0.15) is 0 Å². The minimum Gasteiger partial charge on any atom is -0.508 e. The Labute approximate surface area is 310 Å². The van der Waals surface area contributed by atoms with Gasteiger partial charge in [-0.15, -0.1) is 0 Å². The van der Waals surface area contributed by atoms with Crippen molar-refractivity contribution < 1.29 is 37.9 Å². The lowest BCUT2D eigenvalue weighted by molar-refractivity contribution is -0.0480. The minimum atomic E-state index is -2.84. The number of unbranched alkanes of at least 4 members (excludes halogenated alkanes) is 2. The number of ether oxygens (including phenoxy) is 2. The summed E-state index contributed by atoms with van der Waals surface area (Å²) in [5.74, 6) is -1.58. The number of anilines is 1. The first-order valence-corrected chi connectivity index (χ1v) is 22.0. The van der Waals surface area contributed by atoms with Gasteiger partial charge in [-0.1, -0.05) is 47.5 Å². The average molecular weight is 738 g/mol. The Morgan fingerprint density at radius 2 is 1.67 bits per heavy atom. The maximum atomic E-state index is 15.4. The lowest BCUT2D eigenvalue weighted by atomic mass is 9.58. The van der Waals surface area contributed by atoms with Gasteiger partial charge in [0, 0.05) is 30.1 Å². The van der Waals surface area contributed by atoms with Gasteiger partial charge in [0.05, 0.1) is 30.5 Å². The van der Waals surface area contributed by atoms with E-state index in [0.29, 0.717) is 61.8 Å². The van der Waals surface area contributed by atoms with Gasteiger partial charge in [0.15, 0.2) is 31.7 Å². The number of hydrogen-bond acceptors (Lipinski definition) is 11. The van der Waals surface area contributed by atoms with E-state index in [-0.39, 0.29) is 27.8 Å². The summed E-state index contributed by atoms with van der Waals surface area (Å²) in [6.45, 7) is 20.5. The molecule has 286 valence electrons. The number of allylic oxidation sites excluding steroid dienone is 1. The monoisotopic (exact) mass is 737 g/mol. The van der Waals surface area contributed by atoms with Crippen molar-refractivity contribution in [3.05, 3.63) is 45.4 Å². The Morgan fingerprint density at radius 3 is 2.23 bits per heavy atom. The van der Waals surface area contributed by atoms with Crippen LogP contribution in [0.2, 0.25) is 18.1 Å². The Bertz CT molecular complexity index is 1720. The number of aldehydes is 1. The SMILES string of the molecule is CCCCOc1cc(C=O)c(N(CC)CC)c2c1C(=O)C1=C(O)[C@]3(O[Si](C)(C)C(C)(C)C)C(=O)c4c(OCCCC)noc4[C@@H](N(C)C)[C@@H]3C[C@@H]1C2. The summed E-state index contributed by atoms with van der Waals surface area (Å²) < 4.78 is 25.5. The number of fused-ring (bicyclic) bond motifs is 4. The topological polar surface area (TPSA) is 132 Å². The zero-order chi connectivity index (χ0) is 38.3. The maximum Gasteiger partial charge on any atom is 0.265 e. The van der Waals surface area contributed by atoms with Crippen LogP contribution in [0.3, 0.4) is 0 Å². The highest BCUT2D eigenvalue weighted by Crippen LogP contribution is 2.60. The van der Waals surface area contributed by atoms with Gasteiger partial charge < -0.3 is 28.4 Å². The molecule has 0 saturated carbocycles. The number of rotatable bonds is 15.